The van der Waals surface area contributed by atoms with Crippen LogP contribution < -0.4 is 14.8 Å². The van der Waals surface area contributed by atoms with Crippen molar-refractivity contribution >= 4 is 79.7 Å². The molecule has 0 radical (unpaired) electrons. The van der Waals surface area contributed by atoms with Gasteiger partial charge in [0.05, 0.1) is 40.1 Å². The topological polar surface area (TPSA) is 151 Å². The Hall–Kier alpha value is -5.69. The van der Waals surface area contributed by atoms with Crippen molar-refractivity contribution in [3.63, 3.8) is 0 Å². The lowest BCUT2D eigenvalue weighted by atomic mass is 10.1. The minimum atomic E-state index is -4.76. The summed E-state index contributed by atoms with van der Waals surface area (Å²) in [6.45, 7) is -3.42. The number of alkyl halides is 5. The number of ether oxygens (including phenoxy) is 1. The maximum absolute atomic E-state index is 13.9. The minimum absolute atomic E-state index is 0.111. The molecule has 8 rings (SSSR count). The summed E-state index contributed by atoms with van der Waals surface area (Å²) < 4.78 is 84.8. The second kappa shape index (κ2) is 14.8. The number of hydrogen-bond donors (Lipinski definition) is 2. The van der Waals surface area contributed by atoms with E-state index in [1.54, 1.807) is 46.4 Å². The van der Waals surface area contributed by atoms with Crippen LogP contribution in [0.4, 0.5) is 33.3 Å². The molecule has 4 heterocycles. The first-order valence-electron chi connectivity index (χ1n) is 15.9. The van der Waals surface area contributed by atoms with Crippen LogP contribution in [0.3, 0.4) is 0 Å². The normalized spacial score (nSPS) is 12.0. The van der Waals surface area contributed by atoms with Crippen molar-refractivity contribution in [2.45, 2.75) is 25.9 Å². The third-order valence-electron chi connectivity index (χ3n) is 8.42. The Morgan fingerprint density at radius 1 is 0.643 bits per heavy atom. The molecule has 286 valence electrons. The van der Waals surface area contributed by atoms with E-state index in [4.69, 9.17) is 55.2 Å². The van der Waals surface area contributed by atoms with Gasteiger partial charge in [0.2, 0.25) is 11.6 Å². The fourth-order valence-electron chi connectivity index (χ4n) is 5.89. The number of fused-ring (bicyclic) bond motifs is 2. The van der Waals surface area contributed by atoms with Crippen molar-refractivity contribution in [1.82, 2.24) is 41.2 Å². The molecule has 4 aromatic carbocycles. The number of nitrogens with one attached hydrogen (secondary N) is 2. The zero-order chi connectivity index (χ0) is 39.3. The van der Waals surface area contributed by atoms with Gasteiger partial charge < -0.3 is 13.6 Å². The van der Waals surface area contributed by atoms with Crippen LogP contribution in [0.1, 0.15) is 16.7 Å². The molecule has 0 aliphatic carbocycles. The fraction of sp³-hybridized carbons (Fsp3) is 0.118. The molecule has 13 nitrogen and oxygen atoms in total. The summed E-state index contributed by atoms with van der Waals surface area (Å²) in [5.74, 6) is 0.661. The summed E-state index contributed by atoms with van der Waals surface area (Å²) in [4.78, 5) is 0. The number of furan rings is 2. The summed E-state index contributed by atoms with van der Waals surface area (Å²) in [5, 5.41) is 31.7. The number of anilines is 2. The van der Waals surface area contributed by atoms with Crippen molar-refractivity contribution < 1.29 is 35.5 Å². The van der Waals surface area contributed by atoms with Crippen LogP contribution in [-0.4, -0.2) is 47.9 Å². The average Bonchev–Trinajstić information content (AvgIpc) is 3.97. The lowest BCUT2D eigenvalue weighted by Gasteiger charge is -2.39. The Bertz CT molecular complexity index is 2690. The first-order valence-corrected chi connectivity index (χ1v) is 17.4. The molecule has 0 spiro atoms. The second-order valence-corrected chi connectivity index (χ2v) is 13.6. The number of hydrazine groups is 1. The van der Waals surface area contributed by atoms with Gasteiger partial charge >= 0.3 is 12.8 Å². The standard InChI is InChI=1S/C34H19Cl4F5N10O3/c35-22-5-15-7-29(31-44-48-49-45-31)54-27(15)9-17(22)13-52(19-1-3-21(24(37)11-19)34(41,42)43)53(20-2-4-26(25(38)12-20)56-33(39)40)14-18-10-28-16(6-23(18)36)8-30(55-28)32-46-50-51-47-32/h1-12,33H,13-14H2,(H,44,45,48,49)(H,46,47,50,51). The fourth-order valence-corrected chi connectivity index (χ4v) is 6.85. The van der Waals surface area contributed by atoms with Gasteiger partial charge in [0, 0.05) is 20.8 Å². The van der Waals surface area contributed by atoms with E-state index in [2.05, 4.69) is 46.0 Å². The third-order valence-corrected chi connectivity index (χ3v) is 9.73. The monoisotopic (exact) mass is 850 g/mol. The van der Waals surface area contributed by atoms with Gasteiger partial charge in [-0.1, -0.05) is 46.4 Å². The Labute approximate surface area is 329 Å². The maximum Gasteiger partial charge on any atom is 0.417 e. The molecular weight excluding hydrogens is 833 g/mol. The number of nitrogens with zero attached hydrogens (tertiary/aromatic N) is 8. The van der Waals surface area contributed by atoms with Gasteiger partial charge in [-0.2, -0.15) is 32.4 Å². The van der Waals surface area contributed by atoms with Crippen LogP contribution in [0.25, 0.3) is 45.1 Å². The van der Waals surface area contributed by atoms with E-state index >= 15 is 0 Å². The first kappa shape index (κ1) is 37.2. The summed E-state index contributed by atoms with van der Waals surface area (Å²) in [6, 6.07) is 17.1. The van der Waals surface area contributed by atoms with E-state index in [1.165, 1.54) is 24.3 Å². The lowest BCUT2D eigenvalue weighted by Crippen LogP contribution is -2.42. The minimum Gasteiger partial charge on any atom is -0.453 e. The highest BCUT2D eigenvalue weighted by Gasteiger charge is 2.34. The summed E-state index contributed by atoms with van der Waals surface area (Å²) in [5.41, 5.74) is 1.01. The molecule has 2 N–H and O–H groups in total. The van der Waals surface area contributed by atoms with Crippen LogP contribution in [0.15, 0.2) is 81.6 Å². The van der Waals surface area contributed by atoms with Crippen LogP contribution in [0, 0.1) is 0 Å². The average molecular weight is 852 g/mol. The first-order chi connectivity index (χ1) is 26.8. The smallest absolute Gasteiger partial charge is 0.417 e. The summed E-state index contributed by atoms with van der Waals surface area (Å²) in [7, 11) is 0. The van der Waals surface area contributed by atoms with Crippen LogP contribution in [-0.2, 0) is 19.3 Å². The molecule has 0 atom stereocenters. The largest absolute Gasteiger partial charge is 0.453 e. The Balaban J connectivity index is 1.28. The highest BCUT2D eigenvalue weighted by molar-refractivity contribution is 6.33. The summed E-state index contributed by atoms with van der Waals surface area (Å²) in [6.07, 6.45) is -4.76. The predicted octanol–water partition coefficient (Wildman–Crippen LogP) is 10.4. The number of tetrazole rings is 2. The van der Waals surface area contributed by atoms with Gasteiger partial charge in [-0.25, -0.2) is 0 Å². The van der Waals surface area contributed by atoms with Gasteiger partial charge in [0.25, 0.3) is 0 Å². The third kappa shape index (κ3) is 7.47. The van der Waals surface area contributed by atoms with Gasteiger partial charge in [-0.05, 0) is 94.4 Å². The molecule has 56 heavy (non-hydrogen) atoms. The maximum atomic E-state index is 13.9. The van der Waals surface area contributed by atoms with E-state index in [9.17, 15) is 22.0 Å². The second-order valence-electron chi connectivity index (χ2n) is 11.9. The summed E-state index contributed by atoms with van der Waals surface area (Å²) >= 11 is 26.5. The lowest BCUT2D eigenvalue weighted by molar-refractivity contribution is -0.137. The number of hydrogen-bond acceptors (Lipinski definition) is 11. The molecule has 0 aliphatic rings. The van der Waals surface area contributed by atoms with E-state index in [0.717, 1.165) is 12.1 Å². The van der Waals surface area contributed by atoms with Gasteiger partial charge in [-0.15, -0.1) is 20.4 Å². The Morgan fingerprint density at radius 2 is 1.14 bits per heavy atom. The van der Waals surface area contributed by atoms with Gasteiger partial charge in [0.15, 0.2) is 11.5 Å². The molecule has 22 heteroatoms. The zero-order valence-electron chi connectivity index (χ0n) is 27.6. The van der Waals surface area contributed by atoms with E-state index in [0.29, 0.717) is 44.6 Å². The molecule has 0 aliphatic heterocycles. The quantitative estimate of drug-likeness (QED) is 0.0945. The number of aromatic amines is 2. The number of aromatic nitrogens is 8. The van der Waals surface area contributed by atoms with Gasteiger partial charge in [0.1, 0.15) is 16.9 Å². The molecule has 0 bridgehead atoms. The van der Waals surface area contributed by atoms with Crippen molar-refractivity contribution in [3.8, 4) is 28.9 Å². The molecule has 0 saturated carbocycles. The predicted molar refractivity (Wildman–Crippen MR) is 196 cm³/mol. The SMILES string of the molecule is FC(F)Oc1ccc(N(Cc2cc3oc(-c4nn[nH]n4)cc3cc2Cl)N(Cc2cc3oc(-c4nn[nH]n4)cc3cc2Cl)c2ccc(C(F)(F)F)c(Cl)c2)cc1Cl. The van der Waals surface area contributed by atoms with Crippen molar-refractivity contribution in [1.29, 1.82) is 0 Å². The molecular formula is C34H19Cl4F5N10O3. The number of halogens is 9. The number of rotatable bonds is 11. The Morgan fingerprint density at radius 3 is 1.57 bits per heavy atom. The molecule has 4 aromatic heterocycles. The Kier molecular flexibility index (Phi) is 9.81. The van der Waals surface area contributed by atoms with Crippen LogP contribution >= 0.6 is 46.4 Å². The van der Waals surface area contributed by atoms with Crippen LogP contribution in [0.2, 0.25) is 20.1 Å². The molecule has 0 unspecified atom stereocenters. The molecule has 0 saturated heterocycles. The van der Waals surface area contributed by atoms with E-state index in [1.807, 2.05) is 0 Å². The van der Waals surface area contributed by atoms with Crippen molar-refractivity contribution in [2.24, 2.45) is 0 Å². The highest BCUT2D eigenvalue weighted by atomic mass is 35.5. The zero-order valence-corrected chi connectivity index (χ0v) is 30.6. The van der Waals surface area contributed by atoms with E-state index < -0.39 is 23.4 Å². The van der Waals surface area contributed by atoms with Crippen LogP contribution in [0.5, 0.6) is 5.75 Å². The number of benzene rings is 4. The molecule has 8 aromatic rings. The van der Waals surface area contributed by atoms with E-state index in [-0.39, 0.29) is 56.9 Å². The molecule has 0 fully saturated rings. The van der Waals surface area contributed by atoms with Gasteiger partial charge in [-0.3, -0.25) is 10.0 Å². The van der Waals surface area contributed by atoms with Crippen molar-refractivity contribution in [2.75, 3.05) is 10.0 Å². The van der Waals surface area contributed by atoms with Crippen molar-refractivity contribution in [3.05, 3.63) is 110 Å². The number of H-pyrrole nitrogens is 2. The molecule has 0 amide bonds. The highest BCUT2D eigenvalue weighted by Crippen LogP contribution is 2.41.